The lowest BCUT2D eigenvalue weighted by molar-refractivity contribution is 0.605. The summed E-state index contributed by atoms with van der Waals surface area (Å²) in [5, 5.41) is 0. The zero-order chi connectivity index (χ0) is 10.2. The highest BCUT2D eigenvalue weighted by Gasteiger charge is 2.00. The molecule has 1 aromatic heterocycles. The lowest BCUT2D eigenvalue weighted by Gasteiger charge is -1.99. The third-order valence-corrected chi connectivity index (χ3v) is 3.41. The van der Waals surface area contributed by atoms with Crippen LogP contribution in [0.25, 0.3) is 0 Å². The molecule has 14 heavy (non-hydrogen) atoms. The van der Waals surface area contributed by atoms with E-state index >= 15 is 0 Å². The Balaban J connectivity index is 2.02. The maximum absolute atomic E-state index is 4.37. The fourth-order valence-corrected chi connectivity index (χ4v) is 2.27. The predicted molar refractivity (Wildman–Crippen MR) is 63.9 cm³/mol. The van der Waals surface area contributed by atoms with E-state index in [0.717, 1.165) is 0 Å². The van der Waals surface area contributed by atoms with E-state index in [4.69, 9.17) is 0 Å². The van der Waals surface area contributed by atoms with Crippen molar-refractivity contribution in [3.05, 3.63) is 16.1 Å². The minimum absolute atomic E-state index is 1.18. The molecule has 0 saturated carbocycles. The van der Waals surface area contributed by atoms with Gasteiger partial charge in [-0.3, -0.25) is 0 Å². The second-order valence-corrected chi connectivity index (χ2v) is 4.93. The molecule has 0 bridgehead atoms. The Morgan fingerprint density at radius 3 is 2.50 bits per heavy atom. The van der Waals surface area contributed by atoms with E-state index in [1.807, 2.05) is 5.51 Å². The van der Waals surface area contributed by atoms with Crippen molar-refractivity contribution in [3.63, 3.8) is 0 Å². The molecular weight excluding hydrogens is 190 g/mol. The number of thiazole rings is 1. The molecule has 1 heterocycles. The van der Waals surface area contributed by atoms with Crippen molar-refractivity contribution in [2.45, 2.75) is 58.8 Å². The van der Waals surface area contributed by atoms with Crippen molar-refractivity contribution in [2.24, 2.45) is 0 Å². The zero-order valence-corrected chi connectivity index (χ0v) is 10.2. The quantitative estimate of drug-likeness (QED) is 0.611. The highest BCUT2D eigenvalue weighted by molar-refractivity contribution is 7.09. The van der Waals surface area contributed by atoms with Crippen LogP contribution in [0.4, 0.5) is 0 Å². The molecule has 80 valence electrons. The third kappa shape index (κ3) is 4.23. The molecule has 0 N–H and O–H groups in total. The van der Waals surface area contributed by atoms with Gasteiger partial charge in [0.2, 0.25) is 0 Å². The summed E-state index contributed by atoms with van der Waals surface area (Å²) in [6.45, 7) is 4.43. The average molecular weight is 211 g/mol. The summed E-state index contributed by atoms with van der Waals surface area (Å²) in [4.78, 5) is 5.77. The molecule has 1 nitrogen and oxygen atoms in total. The van der Waals surface area contributed by atoms with Crippen LogP contribution in [0.15, 0.2) is 5.51 Å². The minimum atomic E-state index is 1.18. The first kappa shape index (κ1) is 11.7. The molecule has 0 aromatic carbocycles. The Morgan fingerprint density at radius 1 is 1.14 bits per heavy atom. The topological polar surface area (TPSA) is 12.9 Å². The fraction of sp³-hybridized carbons (Fsp3) is 0.750. The Kier molecular flexibility index (Phi) is 5.85. The van der Waals surface area contributed by atoms with Crippen LogP contribution in [0.3, 0.4) is 0 Å². The van der Waals surface area contributed by atoms with Crippen molar-refractivity contribution in [1.29, 1.82) is 0 Å². The predicted octanol–water partition coefficient (Wildman–Crippen LogP) is 4.35. The van der Waals surface area contributed by atoms with Gasteiger partial charge in [0.25, 0.3) is 0 Å². The van der Waals surface area contributed by atoms with E-state index in [9.17, 15) is 0 Å². The van der Waals surface area contributed by atoms with Crippen LogP contribution in [-0.2, 0) is 6.42 Å². The van der Waals surface area contributed by atoms with Crippen LogP contribution in [0.1, 0.15) is 56.0 Å². The van der Waals surface area contributed by atoms with Gasteiger partial charge in [-0.2, -0.15) is 0 Å². The molecule has 0 aliphatic heterocycles. The zero-order valence-electron chi connectivity index (χ0n) is 9.38. The molecule has 0 fully saturated rings. The number of hydrogen-bond acceptors (Lipinski definition) is 2. The number of unbranched alkanes of at least 4 members (excludes halogenated alkanes) is 5. The van der Waals surface area contributed by atoms with E-state index < -0.39 is 0 Å². The van der Waals surface area contributed by atoms with E-state index in [1.54, 1.807) is 11.3 Å². The normalized spacial score (nSPS) is 10.7. The first-order valence-corrected chi connectivity index (χ1v) is 6.61. The summed E-state index contributed by atoms with van der Waals surface area (Å²) in [5.74, 6) is 0. The van der Waals surface area contributed by atoms with Gasteiger partial charge in [0, 0.05) is 4.88 Å². The van der Waals surface area contributed by atoms with Gasteiger partial charge >= 0.3 is 0 Å². The molecule has 0 spiro atoms. The van der Waals surface area contributed by atoms with Crippen LogP contribution in [-0.4, -0.2) is 4.98 Å². The lowest BCUT2D eigenvalue weighted by Crippen LogP contribution is -1.88. The molecular formula is C12H21NS. The Hall–Kier alpha value is -0.370. The molecule has 0 unspecified atom stereocenters. The highest BCUT2D eigenvalue weighted by Crippen LogP contribution is 2.15. The van der Waals surface area contributed by atoms with Crippen molar-refractivity contribution in [1.82, 2.24) is 4.98 Å². The Labute approximate surface area is 91.6 Å². The highest BCUT2D eigenvalue weighted by atomic mass is 32.1. The SMILES string of the molecule is CCCCCCCCc1ncsc1C. The van der Waals surface area contributed by atoms with E-state index in [2.05, 4.69) is 18.8 Å². The molecule has 0 amide bonds. The van der Waals surface area contributed by atoms with Gasteiger partial charge in [-0.05, 0) is 19.8 Å². The molecule has 1 rings (SSSR count). The summed E-state index contributed by atoms with van der Waals surface area (Å²) in [5.41, 5.74) is 3.28. The smallest absolute Gasteiger partial charge is 0.0797 e. The van der Waals surface area contributed by atoms with E-state index in [-0.39, 0.29) is 0 Å². The summed E-state index contributed by atoms with van der Waals surface area (Å²) < 4.78 is 0. The van der Waals surface area contributed by atoms with Gasteiger partial charge in [-0.25, -0.2) is 4.98 Å². The maximum atomic E-state index is 4.37. The number of hydrogen-bond donors (Lipinski definition) is 0. The second-order valence-electron chi connectivity index (χ2n) is 3.87. The molecule has 0 atom stereocenters. The monoisotopic (exact) mass is 211 g/mol. The molecule has 0 radical (unpaired) electrons. The summed E-state index contributed by atoms with van der Waals surface area (Å²) in [7, 11) is 0. The largest absolute Gasteiger partial charge is 0.249 e. The summed E-state index contributed by atoms with van der Waals surface area (Å²) in [6, 6.07) is 0. The van der Waals surface area contributed by atoms with Gasteiger partial charge in [-0.15, -0.1) is 11.3 Å². The van der Waals surface area contributed by atoms with Gasteiger partial charge in [-0.1, -0.05) is 39.0 Å². The van der Waals surface area contributed by atoms with Crippen LogP contribution < -0.4 is 0 Å². The van der Waals surface area contributed by atoms with Crippen LogP contribution in [0, 0.1) is 6.92 Å². The third-order valence-electron chi connectivity index (χ3n) is 2.61. The molecule has 1 aromatic rings. The van der Waals surface area contributed by atoms with Crippen LogP contribution in [0.5, 0.6) is 0 Å². The van der Waals surface area contributed by atoms with E-state index in [1.165, 1.54) is 55.5 Å². The number of rotatable bonds is 7. The number of nitrogens with zero attached hydrogens (tertiary/aromatic N) is 1. The minimum Gasteiger partial charge on any atom is -0.249 e. The Morgan fingerprint density at radius 2 is 1.86 bits per heavy atom. The van der Waals surface area contributed by atoms with Crippen LogP contribution in [0.2, 0.25) is 0 Å². The van der Waals surface area contributed by atoms with Gasteiger partial charge in [0.15, 0.2) is 0 Å². The number of aryl methyl sites for hydroxylation is 2. The summed E-state index contributed by atoms with van der Waals surface area (Å²) >= 11 is 1.77. The lowest BCUT2D eigenvalue weighted by atomic mass is 10.1. The van der Waals surface area contributed by atoms with Gasteiger partial charge in [0.1, 0.15) is 0 Å². The van der Waals surface area contributed by atoms with Crippen molar-refractivity contribution in [3.8, 4) is 0 Å². The standard InChI is InChI=1S/C12H21NS/c1-3-4-5-6-7-8-9-12-11(2)14-10-13-12/h10H,3-9H2,1-2H3. The first-order chi connectivity index (χ1) is 6.84. The van der Waals surface area contributed by atoms with Crippen molar-refractivity contribution < 1.29 is 0 Å². The maximum Gasteiger partial charge on any atom is 0.0797 e. The fourth-order valence-electron chi connectivity index (χ4n) is 1.64. The molecule has 0 aliphatic rings. The first-order valence-electron chi connectivity index (χ1n) is 5.73. The molecule has 2 heteroatoms. The summed E-state index contributed by atoms with van der Waals surface area (Å²) in [6.07, 6.45) is 9.41. The van der Waals surface area contributed by atoms with Gasteiger partial charge < -0.3 is 0 Å². The van der Waals surface area contributed by atoms with Crippen molar-refractivity contribution >= 4 is 11.3 Å². The Bertz CT molecular complexity index is 242. The molecule has 0 saturated heterocycles. The van der Waals surface area contributed by atoms with E-state index in [0.29, 0.717) is 0 Å². The van der Waals surface area contributed by atoms with Crippen LogP contribution >= 0.6 is 11.3 Å². The number of aromatic nitrogens is 1. The second kappa shape index (κ2) is 6.99. The van der Waals surface area contributed by atoms with Gasteiger partial charge in [0.05, 0.1) is 11.2 Å². The average Bonchev–Trinajstić information content (AvgIpc) is 2.58. The van der Waals surface area contributed by atoms with Crippen molar-refractivity contribution in [2.75, 3.05) is 0 Å². The molecule has 0 aliphatic carbocycles.